The molecule has 1 aliphatic rings. The first-order chi connectivity index (χ1) is 11.6. The fourth-order valence-corrected chi connectivity index (χ4v) is 2.77. The highest BCUT2D eigenvalue weighted by molar-refractivity contribution is 5.97. The predicted octanol–water partition coefficient (Wildman–Crippen LogP) is 3.43. The number of fused-ring (bicyclic) bond motifs is 1. The van der Waals surface area contributed by atoms with Gasteiger partial charge in [-0.3, -0.25) is 9.59 Å². The van der Waals surface area contributed by atoms with Crippen LogP contribution < -0.4 is 10.1 Å². The lowest BCUT2D eigenvalue weighted by Crippen LogP contribution is -2.32. The Bertz CT molecular complexity index is 743. The zero-order valence-corrected chi connectivity index (χ0v) is 13.1. The van der Waals surface area contributed by atoms with Crippen molar-refractivity contribution in [2.75, 3.05) is 6.61 Å². The first kappa shape index (κ1) is 16.2. The minimum Gasteiger partial charge on any atom is -0.493 e. The van der Waals surface area contributed by atoms with Crippen LogP contribution in [0, 0.1) is 5.82 Å². The van der Waals surface area contributed by atoms with E-state index in [-0.39, 0.29) is 36.4 Å². The summed E-state index contributed by atoms with van der Waals surface area (Å²) in [7, 11) is 0. The zero-order valence-electron chi connectivity index (χ0n) is 13.1. The van der Waals surface area contributed by atoms with E-state index in [1.807, 2.05) is 24.3 Å². The van der Waals surface area contributed by atoms with Gasteiger partial charge < -0.3 is 10.1 Å². The van der Waals surface area contributed by atoms with Crippen LogP contribution in [0.15, 0.2) is 48.5 Å². The summed E-state index contributed by atoms with van der Waals surface area (Å²) < 4.78 is 18.4. The van der Waals surface area contributed by atoms with E-state index in [0.29, 0.717) is 18.6 Å². The quantitative estimate of drug-likeness (QED) is 0.856. The smallest absolute Gasteiger partial charge is 0.220 e. The number of nitrogens with one attached hydrogen (secondary N) is 1. The summed E-state index contributed by atoms with van der Waals surface area (Å²) in [6, 6.07) is 12.9. The number of ketones is 1. The van der Waals surface area contributed by atoms with Crippen LogP contribution in [0.5, 0.6) is 5.75 Å². The van der Waals surface area contributed by atoms with E-state index >= 15 is 0 Å². The minimum absolute atomic E-state index is 0.0941. The second-order valence-electron chi connectivity index (χ2n) is 5.73. The monoisotopic (exact) mass is 327 g/mol. The molecule has 1 N–H and O–H groups in total. The maximum absolute atomic E-state index is 12.9. The Morgan fingerprint density at radius 1 is 1.08 bits per heavy atom. The molecule has 2 aromatic rings. The van der Waals surface area contributed by atoms with Crippen molar-refractivity contribution in [2.45, 2.75) is 25.3 Å². The first-order valence-corrected chi connectivity index (χ1v) is 7.93. The third kappa shape index (κ3) is 3.79. The Morgan fingerprint density at radius 3 is 2.62 bits per heavy atom. The molecule has 0 saturated carbocycles. The topological polar surface area (TPSA) is 55.4 Å². The van der Waals surface area contributed by atoms with Crippen LogP contribution in [0.3, 0.4) is 0 Å². The molecule has 5 heteroatoms. The normalized spacial score (nSPS) is 16.0. The van der Waals surface area contributed by atoms with Gasteiger partial charge in [0, 0.05) is 30.4 Å². The molecule has 0 spiro atoms. The van der Waals surface area contributed by atoms with E-state index < -0.39 is 0 Å². The van der Waals surface area contributed by atoms with E-state index in [2.05, 4.69) is 5.32 Å². The van der Waals surface area contributed by atoms with E-state index in [0.717, 1.165) is 11.3 Å². The Balaban J connectivity index is 1.55. The van der Waals surface area contributed by atoms with Crippen molar-refractivity contribution in [3.8, 4) is 5.75 Å². The largest absolute Gasteiger partial charge is 0.493 e. The number of para-hydroxylation sites is 1. The number of hydrogen-bond donors (Lipinski definition) is 1. The zero-order chi connectivity index (χ0) is 16.9. The van der Waals surface area contributed by atoms with Crippen LogP contribution in [-0.4, -0.2) is 18.3 Å². The molecule has 0 saturated heterocycles. The molecule has 1 aliphatic heterocycles. The Hall–Kier alpha value is -2.69. The molecule has 0 radical (unpaired) electrons. The summed E-state index contributed by atoms with van der Waals surface area (Å²) in [5.41, 5.74) is 1.38. The number of halogens is 1. The van der Waals surface area contributed by atoms with Gasteiger partial charge in [-0.15, -0.1) is 0 Å². The fourth-order valence-electron chi connectivity index (χ4n) is 2.77. The van der Waals surface area contributed by atoms with Crippen LogP contribution >= 0.6 is 0 Å². The Labute approximate surface area is 139 Å². The second-order valence-corrected chi connectivity index (χ2v) is 5.73. The molecule has 0 unspecified atom stereocenters. The third-order valence-electron chi connectivity index (χ3n) is 4.04. The van der Waals surface area contributed by atoms with Crippen molar-refractivity contribution in [1.29, 1.82) is 0 Å². The van der Waals surface area contributed by atoms with Crippen LogP contribution in [0.25, 0.3) is 0 Å². The van der Waals surface area contributed by atoms with Gasteiger partial charge in [0.05, 0.1) is 12.6 Å². The van der Waals surface area contributed by atoms with Crippen molar-refractivity contribution in [3.63, 3.8) is 0 Å². The highest BCUT2D eigenvalue weighted by atomic mass is 19.1. The van der Waals surface area contributed by atoms with Gasteiger partial charge in [-0.2, -0.15) is 0 Å². The van der Waals surface area contributed by atoms with Gasteiger partial charge in [0.1, 0.15) is 11.6 Å². The summed E-state index contributed by atoms with van der Waals surface area (Å²) in [6.07, 6.45) is 0.909. The van der Waals surface area contributed by atoms with E-state index in [1.165, 1.54) is 24.3 Å². The molecule has 0 bridgehead atoms. The van der Waals surface area contributed by atoms with Gasteiger partial charge in [-0.25, -0.2) is 4.39 Å². The van der Waals surface area contributed by atoms with Gasteiger partial charge in [0.25, 0.3) is 0 Å². The van der Waals surface area contributed by atoms with Gasteiger partial charge in [0.15, 0.2) is 5.78 Å². The number of carbonyl (C=O) groups excluding carboxylic acids is 2. The van der Waals surface area contributed by atoms with Crippen LogP contribution in [-0.2, 0) is 4.79 Å². The molecule has 2 aromatic carbocycles. The van der Waals surface area contributed by atoms with Crippen LogP contribution in [0.1, 0.15) is 41.2 Å². The van der Waals surface area contributed by atoms with Crippen molar-refractivity contribution in [3.05, 3.63) is 65.5 Å². The molecule has 0 aromatic heterocycles. The molecule has 124 valence electrons. The molecular weight excluding hydrogens is 309 g/mol. The summed E-state index contributed by atoms with van der Waals surface area (Å²) in [5.74, 6) is 0.0589. The van der Waals surface area contributed by atoms with Crippen molar-refractivity contribution in [1.82, 2.24) is 5.32 Å². The molecule has 1 amide bonds. The maximum atomic E-state index is 12.9. The summed E-state index contributed by atoms with van der Waals surface area (Å²) in [5, 5.41) is 2.96. The number of Topliss-reactive ketones (excluding diaryl/α,β-unsaturated/α-hetero) is 1. The molecule has 24 heavy (non-hydrogen) atoms. The molecular formula is C19H18FNO3. The number of carbonyl (C=O) groups is 2. The maximum Gasteiger partial charge on any atom is 0.220 e. The Kier molecular flexibility index (Phi) is 4.89. The van der Waals surface area contributed by atoms with Gasteiger partial charge in [-0.05, 0) is 30.3 Å². The third-order valence-corrected chi connectivity index (χ3v) is 4.04. The van der Waals surface area contributed by atoms with Gasteiger partial charge in [0.2, 0.25) is 5.91 Å². The van der Waals surface area contributed by atoms with Crippen molar-refractivity contribution >= 4 is 11.7 Å². The first-order valence-electron chi connectivity index (χ1n) is 7.93. The van der Waals surface area contributed by atoms with Gasteiger partial charge >= 0.3 is 0 Å². The predicted molar refractivity (Wildman–Crippen MR) is 87.4 cm³/mol. The fraction of sp³-hybridized carbons (Fsp3) is 0.263. The average molecular weight is 327 g/mol. The minimum atomic E-state index is -0.387. The van der Waals surface area contributed by atoms with Crippen LogP contribution in [0.2, 0.25) is 0 Å². The number of rotatable bonds is 5. The molecule has 0 aliphatic carbocycles. The Morgan fingerprint density at radius 2 is 1.83 bits per heavy atom. The van der Waals surface area contributed by atoms with Crippen molar-refractivity contribution in [2.24, 2.45) is 0 Å². The van der Waals surface area contributed by atoms with Crippen LogP contribution in [0.4, 0.5) is 4.39 Å². The summed E-state index contributed by atoms with van der Waals surface area (Å²) >= 11 is 0. The highest BCUT2D eigenvalue weighted by Crippen LogP contribution is 2.31. The summed E-state index contributed by atoms with van der Waals surface area (Å²) in [6.45, 7) is 0.552. The standard InChI is InChI=1S/C19H18FNO3/c20-14-7-5-13(6-8-14)17(22)9-10-19(23)21-16-11-12-24-18-4-2-1-3-15(16)18/h1-8,16H,9-12H2,(H,21,23)/t16-/m0/s1. The van der Waals surface area contributed by atoms with E-state index in [4.69, 9.17) is 4.74 Å². The number of amides is 1. The lowest BCUT2D eigenvalue weighted by molar-refractivity contribution is -0.122. The average Bonchev–Trinajstić information content (AvgIpc) is 2.61. The molecule has 4 nitrogen and oxygen atoms in total. The molecule has 0 fully saturated rings. The lowest BCUT2D eigenvalue weighted by atomic mass is 10.00. The number of ether oxygens (including phenoxy) is 1. The molecule has 3 rings (SSSR count). The van der Waals surface area contributed by atoms with Crippen molar-refractivity contribution < 1.29 is 18.7 Å². The van der Waals surface area contributed by atoms with Gasteiger partial charge in [-0.1, -0.05) is 18.2 Å². The SMILES string of the molecule is O=C(CCC(=O)c1ccc(F)cc1)N[C@H]1CCOc2ccccc21. The second kappa shape index (κ2) is 7.25. The molecule has 1 heterocycles. The van der Waals surface area contributed by atoms with E-state index in [9.17, 15) is 14.0 Å². The number of benzene rings is 2. The summed E-state index contributed by atoms with van der Waals surface area (Å²) in [4.78, 5) is 24.2. The van der Waals surface area contributed by atoms with E-state index in [1.54, 1.807) is 0 Å². The lowest BCUT2D eigenvalue weighted by Gasteiger charge is -2.26. The number of hydrogen-bond acceptors (Lipinski definition) is 3. The highest BCUT2D eigenvalue weighted by Gasteiger charge is 2.22. The molecule has 1 atom stereocenters.